The summed E-state index contributed by atoms with van der Waals surface area (Å²) >= 11 is 0. The number of nitrogens with one attached hydrogen (secondary N) is 1. The zero-order valence-electron chi connectivity index (χ0n) is 13.3. The summed E-state index contributed by atoms with van der Waals surface area (Å²) in [5, 5.41) is 3.04. The Hall–Kier alpha value is -1.75. The van der Waals surface area contributed by atoms with Crippen LogP contribution in [0.3, 0.4) is 0 Å². The number of ether oxygens (including phenoxy) is 2. The van der Waals surface area contributed by atoms with Crippen molar-refractivity contribution in [2.45, 2.75) is 32.4 Å². The minimum absolute atomic E-state index is 0.0219. The van der Waals surface area contributed by atoms with Gasteiger partial charge in [-0.15, -0.1) is 0 Å². The molecule has 1 aromatic rings. The number of carbonyl (C=O) groups is 1. The fraction of sp³-hybridized carbons (Fsp3) is 0.588. The number of nitrogens with zero attached hydrogens (tertiary/aromatic N) is 1. The maximum atomic E-state index is 12.5. The summed E-state index contributed by atoms with van der Waals surface area (Å²) in [4.78, 5) is 14.4. The number of urea groups is 1. The quantitative estimate of drug-likeness (QED) is 0.929. The highest BCUT2D eigenvalue weighted by Crippen LogP contribution is 2.36. The number of aryl methyl sites for hydroxylation is 1. The van der Waals surface area contributed by atoms with Crippen molar-refractivity contribution in [1.82, 2.24) is 10.2 Å². The largest absolute Gasteiger partial charge is 0.496 e. The molecule has 1 saturated carbocycles. The van der Waals surface area contributed by atoms with Crippen molar-refractivity contribution < 1.29 is 14.3 Å². The lowest BCUT2D eigenvalue weighted by molar-refractivity contribution is 0.00463. The summed E-state index contributed by atoms with van der Waals surface area (Å²) in [5.41, 5.74) is 2.17. The molecule has 0 unspecified atom stereocenters. The van der Waals surface area contributed by atoms with Gasteiger partial charge in [0.25, 0.3) is 0 Å². The molecule has 2 aliphatic rings. The van der Waals surface area contributed by atoms with Gasteiger partial charge in [0, 0.05) is 13.1 Å². The summed E-state index contributed by atoms with van der Waals surface area (Å²) in [6, 6.07) is 6.26. The van der Waals surface area contributed by atoms with Gasteiger partial charge in [-0.1, -0.05) is 12.1 Å². The Kier molecular flexibility index (Phi) is 4.52. The van der Waals surface area contributed by atoms with E-state index in [4.69, 9.17) is 9.47 Å². The molecule has 22 heavy (non-hydrogen) atoms. The second-order valence-corrected chi connectivity index (χ2v) is 6.14. The van der Waals surface area contributed by atoms with E-state index in [2.05, 4.69) is 11.4 Å². The molecule has 1 heterocycles. The Balaban J connectivity index is 1.58. The van der Waals surface area contributed by atoms with Gasteiger partial charge in [-0.3, -0.25) is 0 Å². The standard InChI is InChI=1S/C17H24N2O3/c1-12-9-13(3-6-16(12)21-2)10-18-17(20)19-7-8-22-11-15(19)14-4-5-14/h3,6,9,14-15H,4-5,7-8,10-11H2,1-2H3,(H,18,20)/t15-/m1/s1. The van der Waals surface area contributed by atoms with Gasteiger partial charge < -0.3 is 19.7 Å². The van der Waals surface area contributed by atoms with E-state index in [-0.39, 0.29) is 12.1 Å². The Bertz CT molecular complexity index is 543. The number of hydrogen-bond acceptors (Lipinski definition) is 3. The molecule has 1 atom stereocenters. The maximum Gasteiger partial charge on any atom is 0.318 e. The van der Waals surface area contributed by atoms with Gasteiger partial charge in [0.2, 0.25) is 0 Å². The fourth-order valence-corrected chi connectivity index (χ4v) is 3.08. The Morgan fingerprint density at radius 3 is 2.95 bits per heavy atom. The van der Waals surface area contributed by atoms with Crippen LogP contribution < -0.4 is 10.1 Å². The summed E-state index contributed by atoms with van der Waals surface area (Å²) in [6.45, 7) is 4.56. The van der Waals surface area contributed by atoms with Crippen LogP contribution in [0.1, 0.15) is 24.0 Å². The second-order valence-electron chi connectivity index (χ2n) is 6.14. The monoisotopic (exact) mass is 304 g/mol. The zero-order chi connectivity index (χ0) is 15.5. The molecule has 1 saturated heterocycles. The van der Waals surface area contributed by atoms with Gasteiger partial charge in [-0.05, 0) is 42.9 Å². The number of methoxy groups -OCH3 is 1. The highest BCUT2D eigenvalue weighted by atomic mass is 16.5. The molecule has 1 aliphatic heterocycles. The maximum absolute atomic E-state index is 12.5. The molecule has 0 radical (unpaired) electrons. The van der Waals surface area contributed by atoms with E-state index in [0.29, 0.717) is 32.2 Å². The minimum atomic E-state index is 0.0219. The number of carbonyl (C=O) groups excluding carboxylic acids is 1. The Morgan fingerprint density at radius 1 is 1.45 bits per heavy atom. The molecule has 0 aromatic heterocycles. The van der Waals surface area contributed by atoms with Crippen LogP contribution in [0.5, 0.6) is 5.75 Å². The molecule has 2 fully saturated rings. The lowest BCUT2D eigenvalue weighted by Gasteiger charge is -2.35. The first kappa shape index (κ1) is 15.2. The van der Waals surface area contributed by atoms with Crippen LogP contribution in [0, 0.1) is 12.8 Å². The molecule has 5 nitrogen and oxygen atoms in total. The van der Waals surface area contributed by atoms with Gasteiger partial charge in [-0.25, -0.2) is 4.79 Å². The van der Waals surface area contributed by atoms with Crippen molar-refractivity contribution in [3.63, 3.8) is 0 Å². The predicted molar refractivity (Wildman–Crippen MR) is 84.0 cm³/mol. The normalized spacial score (nSPS) is 21.5. The number of amides is 2. The lowest BCUT2D eigenvalue weighted by Crippen LogP contribution is -2.53. The number of benzene rings is 1. The Morgan fingerprint density at radius 2 is 2.27 bits per heavy atom. The molecule has 1 N–H and O–H groups in total. The van der Waals surface area contributed by atoms with Crippen LogP contribution in [0.2, 0.25) is 0 Å². The average molecular weight is 304 g/mol. The SMILES string of the molecule is COc1ccc(CNC(=O)N2CCOC[C@@H]2C2CC2)cc1C. The minimum Gasteiger partial charge on any atom is -0.496 e. The van der Waals surface area contributed by atoms with Crippen molar-refractivity contribution in [2.24, 2.45) is 5.92 Å². The molecule has 0 bridgehead atoms. The Labute approximate surface area is 131 Å². The molecule has 2 amide bonds. The van der Waals surface area contributed by atoms with E-state index < -0.39 is 0 Å². The molecule has 1 aliphatic carbocycles. The highest BCUT2D eigenvalue weighted by molar-refractivity contribution is 5.74. The third kappa shape index (κ3) is 3.35. The van der Waals surface area contributed by atoms with Crippen LogP contribution in [0.4, 0.5) is 4.79 Å². The molecular formula is C17H24N2O3. The molecule has 0 spiro atoms. The first-order chi connectivity index (χ1) is 10.7. The summed E-state index contributed by atoms with van der Waals surface area (Å²) < 4.78 is 10.8. The van der Waals surface area contributed by atoms with Crippen LogP contribution in [0.15, 0.2) is 18.2 Å². The van der Waals surface area contributed by atoms with E-state index >= 15 is 0 Å². The topological polar surface area (TPSA) is 50.8 Å². The van der Waals surface area contributed by atoms with E-state index in [1.54, 1.807) is 7.11 Å². The average Bonchev–Trinajstić information content (AvgIpc) is 3.37. The van der Waals surface area contributed by atoms with Crippen LogP contribution in [0.25, 0.3) is 0 Å². The summed E-state index contributed by atoms with van der Waals surface area (Å²) in [6.07, 6.45) is 2.44. The molecule has 5 heteroatoms. The van der Waals surface area contributed by atoms with E-state index in [0.717, 1.165) is 16.9 Å². The first-order valence-corrected chi connectivity index (χ1v) is 7.95. The van der Waals surface area contributed by atoms with E-state index in [9.17, 15) is 4.79 Å². The van der Waals surface area contributed by atoms with Gasteiger partial charge >= 0.3 is 6.03 Å². The van der Waals surface area contributed by atoms with Crippen LogP contribution in [-0.2, 0) is 11.3 Å². The summed E-state index contributed by atoms with van der Waals surface area (Å²) in [7, 11) is 1.67. The van der Waals surface area contributed by atoms with Crippen LogP contribution >= 0.6 is 0 Å². The van der Waals surface area contributed by atoms with Gasteiger partial charge in [-0.2, -0.15) is 0 Å². The van der Waals surface area contributed by atoms with E-state index in [1.165, 1.54) is 12.8 Å². The van der Waals surface area contributed by atoms with Crippen molar-refractivity contribution in [1.29, 1.82) is 0 Å². The fourth-order valence-electron chi connectivity index (χ4n) is 3.08. The number of hydrogen-bond donors (Lipinski definition) is 1. The summed E-state index contributed by atoms with van der Waals surface area (Å²) in [5.74, 6) is 1.51. The second kappa shape index (κ2) is 6.57. The highest BCUT2D eigenvalue weighted by Gasteiger charge is 2.39. The van der Waals surface area contributed by atoms with E-state index in [1.807, 2.05) is 24.0 Å². The molecular weight excluding hydrogens is 280 g/mol. The smallest absolute Gasteiger partial charge is 0.318 e. The third-order valence-corrected chi connectivity index (χ3v) is 4.50. The van der Waals surface area contributed by atoms with Gasteiger partial charge in [0.1, 0.15) is 5.75 Å². The predicted octanol–water partition coefficient (Wildman–Crippen LogP) is 2.32. The first-order valence-electron chi connectivity index (χ1n) is 7.95. The molecule has 120 valence electrons. The van der Waals surface area contributed by atoms with Crippen molar-refractivity contribution >= 4 is 6.03 Å². The van der Waals surface area contributed by atoms with Gasteiger partial charge in [0.05, 0.1) is 26.4 Å². The zero-order valence-corrected chi connectivity index (χ0v) is 13.3. The number of morpholine rings is 1. The van der Waals surface area contributed by atoms with Crippen molar-refractivity contribution in [3.8, 4) is 5.75 Å². The van der Waals surface area contributed by atoms with Crippen molar-refractivity contribution in [3.05, 3.63) is 29.3 Å². The lowest BCUT2D eigenvalue weighted by atomic mass is 10.1. The van der Waals surface area contributed by atoms with Crippen LogP contribution in [-0.4, -0.2) is 43.8 Å². The molecule has 3 rings (SSSR count). The molecule has 1 aromatic carbocycles. The third-order valence-electron chi connectivity index (χ3n) is 4.50. The number of rotatable bonds is 4. The van der Waals surface area contributed by atoms with Crippen molar-refractivity contribution in [2.75, 3.05) is 26.9 Å². The van der Waals surface area contributed by atoms with Gasteiger partial charge in [0.15, 0.2) is 0 Å².